The number of nitrogens with zero attached hydrogens (tertiary/aromatic N) is 2. The van der Waals surface area contributed by atoms with Gasteiger partial charge >= 0.3 is 0 Å². The molecule has 0 atom stereocenters. The van der Waals surface area contributed by atoms with Gasteiger partial charge in [-0.1, -0.05) is 23.8 Å². The minimum absolute atomic E-state index is 0. The summed E-state index contributed by atoms with van der Waals surface area (Å²) < 4.78 is 0. The molecule has 0 N–H and O–H groups in total. The molecule has 0 spiro atoms. The SMILES string of the molecule is Cl.ClCC1=CCC(=Nc2cccnc2Cl)C=C1. The van der Waals surface area contributed by atoms with Crippen molar-refractivity contribution in [1.82, 2.24) is 4.98 Å². The molecular weight excluding hydrogens is 279 g/mol. The molecule has 1 aromatic heterocycles. The molecule has 1 heterocycles. The molecule has 2 rings (SSSR count). The second-order valence-corrected chi connectivity index (χ2v) is 3.99. The highest BCUT2D eigenvalue weighted by atomic mass is 35.5. The average Bonchev–Trinajstić information content (AvgIpc) is 2.33. The second kappa shape index (κ2) is 6.80. The molecule has 5 heteroatoms. The zero-order valence-corrected chi connectivity index (χ0v) is 11.3. The third kappa shape index (κ3) is 3.84. The fraction of sp³-hybridized carbons (Fsp3) is 0.167. The zero-order valence-electron chi connectivity index (χ0n) is 8.94. The fourth-order valence-electron chi connectivity index (χ4n) is 1.37. The molecule has 1 aliphatic carbocycles. The second-order valence-electron chi connectivity index (χ2n) is 3.37. The number of aromatic nitrogens is 1. The summed E-state index contributed by atoms with van der Waals surface area (Å²) in [5.74, 6) is 0.539. The van der Waals surface area contributed by atoms with E-state index < -0.39 is 0 Å². The van der Waals surface area contributed by atoms with E-state index in [-0.39, 0.29) is 12.4 Å². The molecule has 0 fully saturated rings. The summed E-state index contributed by atoms with van der Waals surface area (Å²) >= 11 is 11.6. The van der Waals surface area contributed by atoms with E-state index in [4.69, 9.17) is 23.2 Å². The number of alkyl halides is 1. The molecule has 1 aliphatic rings. The third-order valence-corrected chi connectivity index (χ3v) is 2.82. The number of halogens is 3. The monoisotopic (exact) mass is 288 g/mol. The van der Waals surface area contributed by atoms with Crippen LogP contribution in [0.4, 0.5) is 5.69 Å². The number of pyridine rings is 1. The van der Waals surface area contributed by atoms with Crippen molar-refractivity contribution in [2.45, 2.75) is 6.42 Å². The Kier molecular flexibility index (Phi) is 5.69. The van der Waals surface area contributed by atoms with Gasteiger partial charge in [-0.25, -0.2) is 9.98 Å². The van der Waals surface area contributed by atoms with Crippen LogP contribution in [0.2, 0.25) is 5.15 Å². The maximum Gasteiger partial charge on any atom is 0.154 e. The normalized spacial score (nSPS) is 16.6. The molecule has 0 amide bonds. The van der Waals surface area contributed by atoms with E-state index in [0.717, 1.165) is 17.7 Å². The molecule has 0 unspecified atom stereocenters. The van der Waals surface area contributed by atoms with Crippen molar-refractivity contribution in [2.24, 2.45) is 4.99 Å². The third-order valence-electron chi connectivity index (χ3n) is 2.22. The summed E-state index contributed by atoms with van der Waals surface area (Å²) in [5, 5.41) is 0.426. The van der Waals surface area contributed by atoms with E-state index in [1.807, 2.05) is 24.3 Å². The predicted octanol–water partition coefficient (Wildman–Crippen LogP) is 4.35. The lowest BCUT2D eigenvalue weighted by molar-refractivity contribution is 1.28. The number of hydrogen-bond donors (Lipinski definition) is 0. The number of rotatable bonds is 2. The summed E-state index contributed by atoms with van der Waals surface area (Å²) in [6.45, 7) is 0. The van der Waals surface area contributed by atoms with Gasteiger partial charge < -0.3 is 0 Å². The van der Waals surface area contributed by atoms with E-state index in [0.29, 0.717) is 16.7 Å². The first-order valence-corrected chi connectivity index (χ1v) is 5.82. The van der Waals surface area contributed by atoms with Gasteiger partial charge in [-0.3, -0.25) is 0 Å². The van der Waals surface area contributed by atoms with Gasteiger partial charge in [0.1, 0.15) is 5.69 Å². The van der Waals surface area contributed by atoms with Crippen LogP contribution >= 0.6 is 35.6 Å². The summed E-state index contributed by atoms with van der Waals surface area (Å²) in [6.07, 6.45) is 8.43. The Morgan fingerprint density at radius 3 is 2.76 bits per heavy atom. The summed E-state index contributed by atoms with van der Waals surface area (Å²) in [6, 6.07) is 3.66. The van der Waals surface area contributed by atoms with Crippen molar-refractivity contribution in [3.8, 4) is 0 Å². The van der Waals surface area contributed by atoms with Crippen LogP contribution < -0.4 is 0 Å². The molecule has 0 bridgehead atoms. The van der Waals surface area contributed by atoms with Gasteiger partial charge in [0.25, 0.3) is 0 Å². The highest BCUT2D eigenvalue weighted by molar-refractivity contribution is 6.31. The van der Waals surface area contributed by atoms with Gasteiger partial charge in [-0.15, -0.1) is 24.0 Å². The van der Waals surface area contributed by atoms with E-state index in [1.54, 1.807) is 6.20 Å². The maximum atomic E-state index is 5.92. The lowest BCUT2D eigenvalue weighted by atomic mass is 10.1. The Morgan fingerprint density at radius 2 is 2.18 bits per heavy atom. The Labute approximate surface area is 116 Å². The zero-order chi connectivity index (χ0) is 11.4. The molecule has 0 aromatic carbocycles. The van der Waals surface area contributed by atoms with Crippen LogP contribution in [0.5, 0.6) is 0 Å². The number of aliphatic imine (C=N–C) groups is 1. The number of allylic oxidation sites excluding steroid dienone is 4. The van der Waals surface area contributed by atoms with Gasteiger partial charge in [0.15, 0.2) is 5.15 Å². The van der Waals surface area contributed by atoms with Crippen molar-refractivity contribution in [2.75, 3.05) is 5.88 Å². The Morgan fingerprint density at radius 1 is 1.35 bits per heavy atom. The Bertz CT molecular complexity index is 478. The van der Waals surface area contributed by atoms with Crippen molar-refractivity contribution in [3.63, 3.8) is 0 Å². The van der Waals surface area contributed by atoms with Crippen LogP contribution in [-0.2, 0) is 0 Å². The summed E-state index contributed by atoms with van der Waals surface area (Å²) in [7, 11) is 0. The highest BCUT2D eigenvalue weighted by Crippen LogP contribution is 2.22. The Balaban J connectivity index is 0.00000144. The van der Waals surface area contributed by atoms with Crippen LogP contribution in [0.1, 0.15) is 6.42 Å². The van der Waals surface area contributed by atoms with E-state index in [2.05, 4.69) is 16.1 Å². The highest BCUT2D eigenvalue weighted by Gasteiger charge is 2.03. The van der Waals surface area contributed by atoms with Gasteiger partial charge in [0.2, 0.25) is 0 Å². The van der Waals surface area contributed by atoms with E-state index in [1.165, 1.54) is 0 Å². The molecule has 90 valence electrons. The largest absolute Gasteiger partial charge is 0.250 e. The molecule has 1 aromatic rings. The molecule has 0 saturated heterocycles. The minimum atomic E-state index is 0. The molecule has 0 radical (unpaired) electrons. The Hall–Kier alpha value is -0.830. The first-order valence-electron chi connectivity index (χ1n) is 4.91. The van der Waals surface area contributed by atoms with E-state index in [9.17, 15) is 0 Å². The summed E-state index contributed by atoms with van der Waals surface area (Å²) in [5.41, 5.74) is 2.79. The van der Waals surface area contributed by atoms with Gasteiger partial charge in [-0.05, 0) is 23.8 Å². The van der Waals surface area contributed by atoms with Crippen LogP contribution in [0.15, 0.2) is 47.1 Å². The summed E-state index contributed by atoms with van der Waals surface area (Å²) in [4.78, 5) is 8.41. The van der Waals surface area contributed by atoms with Crippen LogP contribution in [0, 0.1) is 0 Å². The lowest BCUT2D eigenvalue weighted by Gasteiger charge is -2.06. The predicted molar refractivity (Wildman–Crippen MR) is 76.2 cm³/mol. The van der Waals surface area contributed by atoms with E-state index >= 15 is 0 Å². The molecule has 0 aliphatic heterocycles. The smallest absolute Gasteiger partial charge is 0.154 e. The van der Waals surface area contributed by atoms with Crippen LogP contribution in [0.25, 0.3) is 0 Å². The maximum absolute atomic E-state index is 5.92. The topological polar surface area (TPSA) is 25.2 Å². The first-order chi connectivity index (χ1) is 7.79. The standard InChI is InChI=1S/C12H10Cl2N2.ClH/c13-8-9-3-5-10(6-4-9)16-11-2-1-7-15-12(11)14;/h1-5,7H,6,8H2;1H. The lowest BCUT2D eigenvalue weighted by Crippen LogP contribution is -1.98. The fourth-order valence-corrected chi connectivity index (χ4v) is 1.73. The quantitative estimate of drug-likeness (QED) is 0.587. The molecular formula is C12H11Cl3N2. The van der Waals surface area contributed by atoms with Gasteiger partial charge in [-0.2, -0.15) is 0 Å². The molecule has 2 nitrogen and oxygen atoms in total. The van der Waals surface area contributed by atoms with Crippen molar-refractivity contribution in [1.29, 1.82) is 0 Å². The van der Waals surface area contributed by atoms with Crippen LogP contribution in [0.3, 0.4) is 0 Å². The number of hydrogen-bond acceptors (Lipinski definition) is 2. The molecule has 17 heavy (non-hydrogen) atoms. The van der Waals surface area contributed by atoms with Gasteiger partial charge in [0, 0.05) is 24.2 Å². The van der Waals surface area contributed by atoms with Crippen molar-refractivity contribution < 1.29 is 0 Å². The average molecular weight is 290 g/mol. The van der Waals surface area contributed by atoms with Crippen molar-refractivity contribution in [3.05, 3.63) is 47.3 Å². The van der Waals surface area contributed by atoms with Crippen molar-refractivity contribution >= 4 is 47.0 Å². The van der Waals surface area contributed by atoms with Crippen LogP contribution in [-0.4, -0.2) is 16.6 Å². The minimum Gasteiger partial charge on any atom is -0.250 e. The first kappa shape index (κ1) is 14.2. The van der Waals surface area contributed by atoms with Gasteiger partial charge in [0.05, 0.1) is 0 Å². The molecule has 0 saturated carbocycles.